The van der Waals surface area contributed by atoms with Gasteiger partial charge in [0, 0.05) is 0 Å². The molecular weight excluding hydrogens is 152 g/mol. The van der Waals surface area contributed by atoms with Gasteiger partial charge in [0.25, 0.3) is 0 Å². The summed E-state index contributed by atoms with van der Waals surface area (Å²) in [5.41, 5.74) is 0.116. The second-order valence-corrected chi connectivity index (χ2v) is 4.27. The highest BCUT2D eigenvalue weighted by atomic mass is 17.2. The van der Waals surface area contributed by atoms with Crippen LogP contribution in [0.1, 0.15) is 51.9 Å². The molecule has 1 aliphatic heterocycles. The van der Waals surface area contributed by atoms with Gasteiger partial charge >= 0.3 is 0 Å². The van der Waals surface area contributed by atoms with Crippen molar-refractivity contribution in [2.24, 2.45) is 0 Å². The van der Waals surface area contributed by atoms with E-state index in [1.807, 2.05) is 0 Å². The van der Waals surface area contributed by atoms with Crippen LogP contribution in [0, 0.1) is 0 Å². The van der Waals surface area contributed by atoms with Crippen LogP contribution >= 0.6 is 0 Å². The molecule has 12 heavy (non-hydrogen) atoms. The Labute approximate surface area is 74.2 Å². The third-order valence-corrected chi connectivity index (χ3v) is 3.16. The standard InChI is InChI=1S/C10H18O2/c1-9-5-8-10(12-11-9)6-3-2-4-7-10/h9H,2-8H2,1H3. The van der Waals surface area contributed by atoms with E-state index in [4.69, 9.17) is 9.78 Å². The minimum absolute atomic E-state index is 0.116. The highest BCUT2D eigenvalue weighted by Crippen LogP contribution is 2.39. The molecule has 1 spiro atoms. The minimum atomic E-state index is 0.116. The van der Waals surface area contributed by atoms with E-state index in [0.717, 1.165) is 0 Å². The molecule has 0 bridgehead atoms. The van der Waals surface area contributed by atoms with Gasteiger partial charge in [0.2, 0.25) is 0 Å². The lowest BCUT2D eigenvalue weighted by atomic mass is 9.81. The molecule has 0 radical (unpaired) electrons. The molecule has 2 aliphatic rings. The maximum Gasteiger partial charge on any atom is 0.104 e. The molecule has 1 heterocycles. The summed E-state index contributed by atoms with van der Waals surface area (Å²) in [6.45, 7) is 2.08. The van der Waals surface area contributed by atoms with Crippen molar-refractivity contribution < 1.29 is 9.78 Å². The lowest BCUT2D eigenvalue weighted by molar-refractivity contribution is -0.411. The summed E-state index contributed by atoms with van der Waals surface area (Å²) >= 11 is 0. The van der Waals surface area contributed by atoms with Crippen molar-refractivity contribution in [1.29, 1.82) is 0 Å². The summed E-state index contributed by atoms with van der Waals surface area (Å²) < 4.78 is 0. The Bertz CT molecular complexity index is 140. The van der Waals surface area contributed by atoms with Crippen molar-refractivity contribution in [1.82, 2.24) is 0 Å². The van der Waals surface area contributed by atoms with Crippen LogP contribution in [-0.4, -0.2) is 11.7 Å². The van der Waals surface area contributed by atoms with E-state index in [1.54, 1.807) is 0 Å². The monoisotopic (exact) mass is 170 g/mol. The van der Waals surface area contributed by atoms with Gasteiger partial charge in [-0.25, -0.2) is 9.78 Å². The van der Waals surface area contributed by atoms with Crippen molar-refractivity contribution in [2.75, 3.05) is 0 Å². The third kappa shape index (κ3) is 1.64. The van der Waals surface area contributed by atoms with E-state index < -0.39 is 0 Å². The second kappa shape index (κ2) is 3.35. The molecule has 0 aromatic carbocycles. The summed E-state index contributed by atoms with van der Waals surface area (Å²) in [7, 11) is 0. The van der Waals surface area contributed by atoms with E-state index in [9.17, 15) is 0 Å². The van der Waals surface area contributed by atoms with Crippen LogP contribution in [0.2, 0.25) is 0 Å². The first-order chi connectivity index (χ1) is 5.81. The molecule has 1 saturated carbocycles. The first kappa shape index (κ1) is 8.52. The minimum Gasteiger partial charge on any atom is -0.233 e. The lowest BCUT2D eigenvalue weighted by Crippen LogP contribution is -2.40. The molecule has 2 nitrogen and oxygen atoms in total. The fourth-order valence-electron chi connectivity index (χ4n) is 2.27. The Morgan fingerprint density at radius 1 is 1.08 bits per heavy atom. The number of hydrogen-bond donors (Lipinski definition) is 0. The molecule has 2 rings (SSSR count). The summed E-state index contributed by atoms with van der Waals surface area (Å²) in [6, 6.07) is 0. The van der Waals surface area contributed by atoms with Gasteiger partial charge in [0.15, 0.2) is 0 Å². The van der Waals surface area contributed by atoms with Gasteiger partial charge in [0.05, 0.1) is 6.10 Å². The quantitative estimate of drug-likeness (QED) is 0.520. The molecule has 0 aromatic rings. The SMILES string of the molecule is CC1CCC2(CCCCC2)OO1. The van der Waals surface area contributed by atoms with Gasteiger partial charge in [-0.2, -0.15) is 0 Å². The van der Waals surface area contributed by atoms with Crippen LogP contribution in [0.3, 0.4) is 0 Å². The van der Waals surface area contributed by atoms with E-state index >= 15 is 0 Å². The zero-order valence-electron chi connectivity index (χ0n) is 7.84. The van der Waals surface area contributed by atoms with E-state index in [1.165, 1.54) is 44.9 Å². The molecular formula is C10H18O2. The fraction of sp³-hybridized carbons (Fsp3) is 1.00. The molecule has 0 aromatic heterocycles. The Balaban J connectivity index is 1.92. The van der Waals surface area contributed by atoms with Crippen LogP contribution in [0.4, 0.5) is 0 Å². The molecule has 2 fully saturated rings. The zero-order chi connectivity index (χ0) is 8.44. The maximum atomic E-state index is 5.52. The van der Waals surface area contributed by atoms with E-state index in [0.29, 0.717) is 6.10 Å². The average molecular weight is 170 g/mol. The largest absolute Gasteiger partial charge is 0.233 e. The van der Waals surface area contributed by atoms with Gasteiger partial charge in [0.1, 0.15) is 5.60 Å². The highest BCUT2D eigenvalue weighted by Gasteiger charge is 2.37. The van der Waals surface area contributed by atoms with Crippen LogP contribution in [0.15, 0.2) is 0 Å². The predicted octanol–water partition coefficient (Wildman–Crippen LogP) is 2.82. The van der Waals surface area contributed by atoms with Gasteiger partial charge in [-0.15, -0.1) is 0 Å². The Kier molecular flexibility index (Phi) is 2.37. The Morgan fingerprint density at radius 3 is 2.42 bits per heavy atom. The normalized spacial score (nSPS) is 35.2. The van der Waals surface area contributed by atoms with Crippen LogP contribution < -0.4 is 0 Å². The molecule has 1 unspecified atom stereocenters. The zero-order valence-corrected chi connectivity index (χ0v) is 7.84. The fourth-order valence-corrected chi connectivity index (χ4v) is 2.27. The first-order valence-electron chi connectivity index (χ1n) is 5.15. The van der Waals surface area contributed by atoms with Gasteiger partial charge in [-0.3, -0.25) is 0 Å². The van der Waals surface area contributed by atoms with Crippen LogP contribution in [0.25, 0.3) is 0 Å². The second-order valence-electron chi connectivity index (χ2n) is 4.27. The van der Waals surface area contributed by atoms with Crippen molar-refractivity contribution in [3.63, 3.8) is 0 Å². The molecule has 0 N–H and O–H groups in total. The van der Waals surface area contributed by atoms with Crippen LogP contribution in [-0.2, 0) is 9.78 Å². The first-order valence-corrected chi connectivity index (χ1v) is 5.15. The van der Waals surface area contributed by atoms with Crippen molar-refractivity contribution in [3.8, 4) is 0 Å². The summed E-state index contributed by atoms with van der Waals surface area (Å²) in [6.07, 6.45) is 9.10. The lowest BCUT2D eigenvalue weighted by Gasteiger charge is -2.40. The smallest absolute Gasteiger partial charge is 0.104 e. The van der Waals surface area contributed by atoms with Gasteiger partial charge < -0.3 is 0 Å². The molecule has 2 heteroatoms. The highest BCUT2D eigenvalue weighted by molar-refractivity contribution is 4.85. The van der Waals surface area contributed by atoms with Gasteiger partial charge in [-0.05, 0) is 32.6 Å². The average Bonchev–Trinajstić information content (AvgIpc) is 2.13. The molecule has 1 saturated heterocycles. The predicted molar refractivity (Wildman–Crippen MR) is 46.7 cm³/mol. The summed E-state index contributed by atoms with van der Waals surface area (Å²) in [5, 5.41) is 0. The third-order valence-electron chi connectivity index (χ3n) is 3.16. The Morgan fingerprint density at radius 2 is 1.83 bits per heavy atom. The van der Waals surface area contributed by atoms with E-state index in [2.05, 4.69) is 6.92 Å². The molecule has 1 aliphatic carbocycles. The maximum absolute atomic E-state index is 5.52. The van der Waals surface area contributed by atoms with Crippen molar-refractivity contribution in [3.05, 3.63) is 0 Å². The number of rotatable bonds is 0. The van der Waals surface area contributed by atoms with Crippen molar-refractivity contribution in [2.45, 2.75) is 63.6 Å². The van der Waals surface area contributed by atoms with Crippen LogP contribution in [0.5, 0.6) is 0 Å². The molecule has 0 amide bonds. The topological polar surface area (TPSA) is 18.5 Å². The Hall–Kier alpha value is -0.0800. The molecule has 70 valence electrons. The summed E-state index contributed by atoms with van der Waals surface area (Å²) in [5.74, 6) is 0. The number of hydrogen-bond acceptors (Lipinski definition) is 2. The summed E-state index contributed by atoms with van der Waals surface area (Å²) in [4.78, 5) is 10.8. The molecule has 1 atom stereocenters. The van der Waals surface area contributed by atoms with Crippen molar-refractivity contribution >= 4 is 0 Å². The van der Waals surface area contributed by atoms with Gasteiger partial charge in [-0.1, -0.05) is 19.3 Å². The van der Waals surface area contributed by atoms with E-state index in [-0.39, 0.29) is 5.60 Å².